The van der Waals surface area contributed by atoms with Crippen molar-refractivity contribution in [3.8, 4) is 0 Å². The Bertz CT molecular complexity index is 502. The summed E-state index contributed by atoms with van der Waals surface area (Å²) >= 11 is 0. The zero-order chi connectivity index (χ0) is 13.0. The van der Waals surface area contributed by atoms with E-state index in [4.69, 9.17) is 0 Å². The van der Waals surface area contributed by atoms with Crippen LogP contribution in [0.25, 0.3) is 0 Å². The first-order chi connectivity index (χ1) is 8.72. The first-order valence-corrected chi connectivity index (χ1v) is 6.48. The molecule has 1 aromatic heterocycles. The van der Waals surface area contributed by atoms with E-state index in [1.165, 1.54) is 16.8 Å². The molecule has 3 heteroatoms. The van der Waals surface area contributed by atoms with Crippen molar-refractivity contribution in [3.63, 3.8) is 0 Å². The van der Waals surface area contributed by atoms with Crippen molar-refractivity contribution in [1.29, 1.82) is 0 Å². The van der Waals surface area contributed by atoms with Gasteiger partial charge in [0.15, 0.2) is 0 Å². The van der Waals surface area contributed by atoms with E-state index >= 15 is 0 Å². The summed E-state index contributed by atoms with van der Waals surface area (Å²) in [4.78, 5) is 0. The predicted molar refractivity (Wildman–Crippen MR) is 74.5 cm³/mol. The Morgan fingerprint density at radius 2 is 2.06 bits per heavy atom. The number of hydrogen-bond donors (Lipinski definition) is 1. The summed E-state index contributed by atoms with van der Waals surface area (Å²) in [5, 5.41) is 7.80. The van der Waals surface area contributed by atoms with Crippen LogP contribution in [0, 0.1) is 6.92 Å². The summed E-state index contributed by atoms with van der Waals surface area (Å²) in [5.74, 6) is 0. The van der Waals surface area contributed by atoms with Gasteiger partial charge in [-0.2, -0.15) is 5.10 Å². The molecule has 0 aliphatic rings. The minimum absolute atomic E-state index is 0.323. The van der Waals surface area contributed by atoms with Crippen molar-refractivity contribution in [1.82, 2.24) is 15.1 Å². The van der Waals surface area contributed by atoms with Gasteiger partial charge in [0.05, 0.1) is 11.7 Å². The first-order valence-electron chi connectivity index (χ1n) is 6.48. The van der Waals surface area contributed by atoms with Crippen LogP contribution in [-0.2, 0) is 13.5 Å². The molecule has 0 bridgehead atoms. The van der Waals surface area contributed by atoms with Crippen molar-refractivity contribution in [2.75, 3.05) is 6.54 Å². The number of nitrogens with zero attached hydrogens (tertiary/aromatic N) is 2. The van der Waals surface area contributed by atoms with Gasteiger partial charge in [-0.3, -0.25) is 4.68 Å². The Morgan fingerprint density at radius 3 is 2.67 bits per heavy atom. The zero-order valence-electron chi connectivity index (χ0n) is 11.4. The van der Waals surface area contributed by atoms with Gasteiger partial charge in [0.25, 0.3) is 0 Å². The van der Waals surface area contributed by atoms with Gasteiger partial charge in [0.2, 0.25) is 0 Å². The Balaban J connectivity index is 2.22. The van der Waals surface area contributed by atoms with Gasteiger partial charge in [-0.1, -0.05) is 31.2 Å². The van der Waals surface area contributed by atoms with E-state index in [2.05, 4.69) is 54.6 Å². The minimum atomic E-state index is 0.323. The third-order valence-corrected chi connectivity index (χ3v) is 3.35. The molecule has 0 saturated heterocycles. The second-order valence-corrected chi connectivity index (χ2v) is 4.62. The van der Waals surface area contributed by atoms with Crippen molar-refractivity contribution < 1.29 is 0 Å². The van der Waals surface area contributed by atoms with Gasteiger partial charge in [-0.05, 0) is 37.1 Å². The highest BCUT2D eigenvalue weighted by Gasteiger charge is 2.15. The van der Waals surface area contributed by atoms with Gasteiger partial charge in [0, 0.05) is 13.2 Å². The maximum absolute atomic E-state index is 4.26. The molecule has 3 nitrogen and oxygen atoms in total. The molecule has 18 heavy (non-hydrogen) atoms. The molecule has 0 aliphatic heterocycles. The fourth-order valence-corrected chi connectivity index (χ4v) is 2.31. The number of hydrogen-bond acceptors (Lipinski definition) is 2. The topological polar surface area (TPSA) is 29.9 Å². The number of likely N-dealkylation sites (N-methyl/N-ethyl adjacent to an activating group) is 1. The standard InChI is InChI=1S/C15H21N3/c1-4-16-14(15-9-10-17-18(15)3)11-13-8-6-5-7-12(13)2/h5-10,14,16H,4,11H2,1-3H3. The summed E-state index contributed by atoms with van der Waals surface area (Å²) in [7, 11) is 2.00. The molecule has 0 saturated carbocycles. The zero-order valence-corrected chi connectivity index (χ0v) is 11.4. The van der Waals surface area contributed by atoms with E-state index in [9.17, 15) is 0 Å². The smallest absolute Gasteiger partial charge is 0.0553 e. The van der Waals surface area contributed by atoms with Crippen molar-refractivity contribution in [3.05, 3.63) is 53.3 Å². The second kappa shape index (κ2) is 5.83. The van der Waals surface area contributed by atoms with E-state index < -0.39 is 0 Å². The van der Waals surface area contributed by atoms with Crippen LogP contribution in [-0.4, -0.2) is 16.3 Å². The summed E-state index contributed by atoms with van der Waals surface area (Å²) in [6.07, 6.45) is 2.86. The third kappa shape index (κ3) is 2.79. The molecule has 2 rings (SSSR count). The maximum atomic E-state index is 4.26. The molecule has 1 atom stereocenters. The number of rotatable bonds is 5. The predicted octanol–water partition coefficient (Wildman–Crippen LogP) is 2.62. The summed E-state index contributed by atoms with van der Waals surface area (Å²) < 4.78 is 1.95. The quantitative estimate of drug-likeness (QED) is 0.875. The lowest BCUT2D eigenvalue weighted by atomic mass is 9.99. The number of aromatic nitrogens is 2. The Labute approximate surface area is 109 Å². The maximum Gasteiger partial charge on any atom is 0.0553 e. The highest BCUT2D eigenvalue weighted by Crippen LogP contribution is 2.19. The van der Waals surface area contributed by atoms with Crippen molar-refractivity contribution in [2.24, 2.45) is 7.05 Å². The largest absolute Gasteiger partial charge is 0.309 e. The molecule has 1 aromatic carbocycles. The van der Waals surface area contributed by atoms with Gasteiger partial charge < -0.3 is 5.32 Å². The fraction of sp³-hybridized carbons (Fsp3) is 0.400. The molecule has 0 radical (unpaired) electrons. The lowest BCUT2D eigenvalue weighted by Crippen LogP contribution is -2.25. The monoisotopic (exact) mass is 243 g/mol. The average molecular weight is 243 g/mol. The van der Waals surface area contributed by atoms with Crippen LogP contribution in [0.1, 0.15) is 29.8 Å². The first kappa shape index (κ1) is 12.8. The van der Waals surface area contributed by atoms with E-state index in [0.717, 1.165) is 13.0 Å². The van der Waals surface area contributed by atoms with Crippen LogP contribution in [0.4, 0.5) is 0 Å². The Morgan fingerprint density at radius 1 is 1.28 bits per heavy atom. The molecule has 96 valence electrons. The Hall–Kier alpha value is -1.61. The van der Waals surface area contributed by atoms with E-state index in [0.29, 0.717) is 6.04 Å². The van der Waals surface area contributed by atoms with Crippen molar-refractivity contribution >= 4 is 0 Å². The van der Waals surface area contributed by atoms with Crippen LogP contribution in [0.3, 0.4) is 0 Å². The highest BCUT2D eigenvalue weighted by molar-refractivity contribution is 5.27. The fourth-order valence-electron chi connectivity index (χ4n) is 2.31. The molecule has 1 heterocycles. The Kier molecular flexibility index (Phi) is 4.15. The summed E-state index contributed by atoms with van der Waals surface area (Å²) in [6, 6.07) is 11.0. The third-order valence-electron chi connectivity index (χ3n) is 3.35. The van der Waals surface area contributed by atoms with Crippen LogP contribution in [0.5, 0.6) is 0 Å². The number of benzene rings is 1. The molecule has 0 fully saturated rings. The summed E-state index contributed by atoms with van der Waals surface area (Å²) in [5.41, 5.74) is 3.98. The van der Waals surface area contributed by atoms with E-state index in [-0.39, 0.29) is 0 Å². The molecular weight excluding hydrogens is 222 g/mol. The minimum Gasteiger partial charge on any atom is -0.309 e. The second-order valence-electron chi connectivity index (χ2n) is 4.62. The van der Waals surface area contributed by atoms with Crippen LogP contribution < -0.4 is 5.32 Å². The van der Waals surface area contributed by atoms with Gasteiger partial charge >= 0.3 is 0 Å². The molecule has 0 amide bonds. The average Bonchev–Trinajstić information content (AvgIpc) is 2.78. The van der Waals surface area contributed by atoms with Crippen LogP contribution >= 0.6 is 0 Å². The molecule has 1 N–H and O–H groups in total. The molecule has 0 spiro atoms. The lowest BCUT2D eigenvalue weighted by Gasteiger charge is -2.19. The SMILES string of the molecule is CCNC(Cc1ccccc1C)c1ccnn1C. The molecule has 2 aromatic rings. The van der Waals surface area contributed by atoms with Crippen LogP contribution in [0.15, 0.2) is 36.5 Å². The van der Waals surface area contributed by atoms with Crippen LogP contribution in [0.2, 0.25) is 0 Å². The highest BCUT2D eigenvalue weighted by atomic mass is 15.3. The van der Waals surface area contributed by atoms with E-state index in [1.54, 1.807) is 0 Å². The van der Waals surface area contributed by atoms with Gasteiger partial charge in [-0.25, -0.2) is 0 Å². The summed E-state index contributed by atoms with van der Waals surface area (Å²) in [6.45, 7) is 5.27. The van der Waals surface area contributed by atoms with Crippen molar-refractivity contribution in [2.45, 2.75) is 26.3 Å². The molecule has 0 aliphatic carbocycles. The molecule has 1 unspecified atom stereocenters. The molecular formula is C15H21N3. The lowest BCUT2D eigenvalue weighted by molar-refractivity contribution is 0.507. The van der Waals surface area contributed by atoms with Gasteiger partial charge in [0.1, 0.15) is 0 Å². The normalized spacial score (nSPS) is 12.6. The van der Waals surface area contributed by atoms with E-state index in [1.807, 2.05) is 17.9 Å². The number of nitrogens with one attached hydrogen (secondary N) is 1. The van der Waals surface area contributed by atoms with Gasteiger partial charge in [-0.15, -0.1) is 0 Å². The number of aryl methyl sites for hydroxylation is 2.